The minimum absolute atomic E-state index is 0.150. The van der Waals surface area contributed by atoms with Crippen LogP contribution in [-0.2, 0) is 16.8 Å². The first-order valence-corrected chi connectivity index (χ1v) is 15.5. The first kappa shape index (κ1) is 29.9. The number of rotatable bonds is 4. The highest BCUT2D eigenvalue weighted by Gasteiger charge is 2.42. The van der Waals surface area contributed by atoms with Crippen LogP contribution in [0, 0.1) is 11.3 Å². The topological polar surface area (TPSA) is 160 Å². The largest absolute Gasteiger partial charge is 0.444 e. The number of carbonyl (C=O) groups excluding carboxylic acids is 1. The number of anilines is 2. The maximum atomic E-state index is 13.1. The highest BCUT2D eigenvalue weighted by molar-refractivity contribution is 8.22. The Labute approximate surface area is 246 Å². The van der Waals surface area contributed by atoms with Crippen molar-refractivity contribution in [1.29, 1.82) is 5.26 Å². The maximum Gasteiger partial charge on any atom is 0.410 e. The number of ether oxygens (including phenoxy) is 1. The van der Waals surface area contributed by atoms with Gasteiger partial charge in [-0.25, -0.2) is 4.79 Å². The van der Waals surface area contributed by atoms with Crippen molar-refractivity contribution in [2.45, 2.75) is 88.9 Å². The van der Waals surface area contributed by atoms with Crippen molar-refractivity contribution >= 4 is 39.3 Å². The van der Waals surface area contributed by atoms with E-state index in [2.05, 4.69) is 16.4 Å². The second kappa shape index (κ2) is 10.3. The van der Waals surface area contributed by atoms with Crippen LogP contribution in [0.3, 0.4) is 0 Å². The summed E-state index contributed by atoms with van der Waals surface area (Å²) in [4.78, 5) is 30.7. The van der Waals surface area contributed by atoms with Crippen molar-refractivity contribution in [1.82, 2.24) is 24.0 Å². The van der Waals surface area contributed by atoms with E-state index in [0.717, 1.165) is 5.56 Å². The molecule has 0 radical (unpaired) electrons. The lowest BCUT2D eigenvalue weighted by molar-refractivity contribution is 0.0110. The van der Waals surface area contributed by atoms with Crippen molar-refractivity contribution in [2.24, 2.45) is 0 Å². The Morgan fingerprint density at radius 2 is 1.88 bits per heavy atom. The van der Waals surface area contributed by atoms with E-state index >= 15 is 0 Å². The van der Waals surface area contributed by atoms with Gasteiger partial charge in [0.25, 0.3) is 5.56 Å². The summed E-state index contributed by atoms with van der Waals surface area (Å²) in [6.07, 6.45) is 2.24. The molecule has 0 bridgehead atoms. The third-order valence-corrected chi connectivity index (χ3v) is 10.1. The van der Waals surface area contributed by atoms with Crippen molar-refractivity contribution in [3.8, 4) is 6.07 Å². The second-order valence-electron chi connectivity index (χ2n) is 13.0. The van der Waals surface area contributed by atoms with E-state index in [1.54, 1.807) is 38.3 Å². The van der Waals surface area contributed by atoms with Crippen LogP contribution in [0.5, 0.6) is 0 Å². The van der Waals surface area contributed by atoms with Crippen LogP contribution in [-0.4, -0.2) is 63.4 Å². The Morgan fingerprint density at radius 1 is 1.19 bits per heavy atom. The molecule has 2 aliphatic rings. The molecule has 4 N–H and O–H groups in total. The van der Waals surface area contributed by atoms with Crippen LogP contribution in [0.4, 0.5) is 16.3 Å². The molecule has 1 aromatic carbocycles. The Balaban J connectivity index is 1.49. The minimum Gasteiger partial charge on any atom is -0.444 e. The number of nitriles is 1. The molecule has 42 heavy (non-hydrogen) atoms. The molecule has 0 unspecified atom stereocenters. The Kier molecular flexibility index (Phi) is 7.34. The van der Waals surface area contributed by atoms with Crippen molar-refractivity contribution in [2.75, 3.05) is 18.4 Å². The number of benzene rings is 1. The van der Waals surface area contributed by atoms with Crippen molar-refractivity contribution < 1.29 is 18.6 Å². The molecule has 0 saturated carbocycles. The van der Waals surface area contributed by atoms with Gasteiger partial charge in [0.1, 0.15) is 11.0 Å². The van der Waals surface area contributed by atoms with Crippen molar-refractivity contribution in [3.63, 3.8) is 0 Å². The highest BCUT2D eigenvalue weighted by atomic mass is 32.3. The minimum atomic E-state index is -3.12. The number of aromatic amines is 1. The zero-order chi connectivity index (χ0) is 30.7. The SMILES string of the molecule is CC(C)(C)OC(=O)N1CCC(CC#N)(n2nc(Nc3ccc4c(c3)CN(C(C)(C)C)S4(O)O)c3c(=O)[nH]ccc32)CC1. The molecule has 13 heteroatoms. The van der Waals surface area contributed by atoms with Gasteiger partial charge in [0.05, 0.1) is 28.4 Å². The van der Waals surface area contributed by atoms with Gasteiger partial charge in [0.15, 0.2) is 5.82 Å². The van der Waals surface area contributed by atoms with Crippen LogP contribution in [0.15, 0.2) is 40.2 Å². The van der Waals surface area contributed by atoms with Crippen LogP contribution >= 0.6 is 10.8 Å². The standard InChI is InChI=1S/C29H39N7O5S/c1-27(2,3)35-18-19-17-20(7-8-22(19)42(35,39)40)32-24-23-21(9-14-31-25(23)37)36(33-24)29(10-13-30)11-15-34(16-12-29)26(38)41-28(4,5)6/h7-9,14,17,39-40H,10-12,15-16,18H2,1-6H3,(H,31,37)(H,32,33). The van der Waals surface area contributed by atoms with Crippen LogP contribution in [0.2, 0.25) is 0 Å². The Hall–Kier alpha value is -3.57. The molecule has 3 aromatic rings. The maximum absolute atomic E-state index is 13.1. The van der Waals surface area contributed by atoms with E-state index in [1.165, 1.54) is 0 Å². The molecule has 226 valence electrons. The number of H-pyrrole nitrogens is 1. The highest BCUT2D eigenvalue weighted by Crippen LogP contribution is 2.61. The van der Waals surface area contributed by atoms with E-state index < -0.39 is 33.5 Å². The number of hydrogen-bond acceptors (Lipinski definition) is 9. The predicted molar refractivity (Wildman–Crippen MR) is 162 cm³/mol. The fraction of sp³-hybridized carbons (Fsp3) is 0.517. The summed E-state index contributed by atoms with van der Waals surface area (Å²) in [6.45, 7) is 12.4. The van der Waals surface area contributed by atoms with E-state index in [0.29, 0.717) is 59.8 Å². The third-order valence-electron chi connectivity index (χ3n) is 7.79. The van der Waals surface area contributed by atoms with E-state index in [4.69, 9.17) is 9.84 Å². The molecule has 2 aliphatic heterocycles. The van der Waals surface area contributed by atoms with Gasteiger partial charge in [-0.15, -0.1) is 10.8 Å². The molecule has 1 saturated heterocycles. The summed E-state index contributed by atoms with van der Waals surface area (Å²) in [5.41, 5.74) is -0.127. The van der Waals surface area contributed by atoms with Gasteiger partial charge in [0, 0.05) is 37.1 Å². The van der Waals surface area contributed by atoms with Gasteiger partial charge < -0.3 is 19.9 Å². The van der Waals surface area contributed by atoms with Gasteiger partial charge in [0.2, 0.25) is 0 Å². The molecule has 5 rings (SSSR count). The molecule has 2 aromatic heterocycles. The Bertz CT molecular complexity index is 1620. The molecule has 1 fully saturated rings. The predicted octanol–water partition coefficient (Wildman–Crippen LogP) is 5.75. The number of nitrogens with zero attached hydrogens (tertiary/aromatic N) is 5. The lowest BCUT2D eigenvalue weighted by Crippen LogP contribution is -2.49. The quantitative estimate of drug-likeness (QED) is 0.294. The molecule has 1 amide bonds. The number of hydrogen-bond donors (Lipinski definition) is 4. The van der Waals surface area contributed by atoms with E-state index in [9.17, 15) is 24.0 Å². The average molecular weight is 598 g/mol. The van der Waals surface area contributed by atoms with Crippen LogP contribution < -0.4 is 10.9 Å². The van der Waals surface area contributed by atoms with Gasteiger partial charge in [-0.05, 0) is 84.2 Å². The summed E-state index contributed by atoms with van der Waals surface area (Å²) in [7, 11) is -3.12. The molecular formula is C29H39N7O5S. The molecular weight excluding hydrogens is 558 g/mol. The number of carbonyl (C=O) groups is 1. The smallest absolute Gasteiger partial charge is 0.410 e. The number of pyridine rings is 1. The second-order valence-corrected chi connectivity index (χ2v) is 14.9. The van der Waals surface area contributed by atoms with Gasteiger partial charge in [-0.3, -0.25) is 18.6 Å². The zero-order valence-electron chi connectivity index (χ0n) is 24.9. The monoisotopic (exact) mass is 597 g/mol. The van der Waals surface area contributed by atoms with Gasteiger partial charge in [-0.1, -0.05) is 0 Å². The van der Waals surface area contributed by atoms with E-state index in [1.807, 2.05) is 47.6 Å². The van der Waals surface area contributed by atoms with Crippen LogP contribution in [0.1, 0.15) is 66.4 Å². The normalized spacial score (nSPS) is 19.3. The average Bonchev–Trinajstić information content (AvgIpc) is 3.39. The number of likely N-dealkylation sites (tertiary alicyclic amines) is 1. The zero-order valence-corrected chi connectivity index (χ0v) is 25.7. The number of aromatic nitrogens is 3. The fourth-order valence-electron chi connectivity index (χ4n) is 5.74. The summed E-state index contributed by atoms with van der Waals surface area (Å²) in [6, 6.07) is 9.36. The number of piperidine rings is 1. The van der Waals surface area contributed by atoms with Crippen molar-refractivity contribution in [3.05, 3.63) is 46.4 Å². The summed E-state index contributed by atoms with van der Waals surface area (Å²) < 4.78 is 30.9. The lowest BCUT2D eigenvalue weighted by Gasteiger charge is -2.44. The fourth-order valence-corrected chi connectivity index (χ4v) is 7.78. The number of amides is 1. The number of nitrogens with one attached hydrogen (secondary N) is 2. The van der Waals surface area contributed by atoms with E-state index in [-0.39, 0.29) is 12.0 Å². The first-order chi connectivity index (χ1) is 19.6. The molecule has 12 nitrogen and oxygen atoms in total. The molecule has 0 atom stereocenters. The first-order valence-electron chi connectivity index (χ1n) is 14.0. The summed E-state index contributed by atoms with van der Waals surface area (Å²) >= 11 is 0. The lowest BCUT2D eigenvalue weighted by atomic mass is 9.85. The van der Waals surface area contributed by atoms with Gasteiger partial charge >= 0.3 is 6.09 Å². The van der Waals surface area contributed by atoms with Crippen LogP contribution in [0.25, 0.3) is 10.9 Å². The molecule has 0 aliphatic carbocycles. The van der Waals surface area contributed by atoms with Gasteiger partial charge in [-0.2, -0.15) is 14.7 Å². The number of fused-ring (bicyclic) bond motifs is 2. The molecule has 4 heterocycles. The third kappa shape index (κ3) is 5.35. The Morgan fingerprint density at radius 3 is 2.50 bits per heavy atom. The summed E-state index contributed by atoms with van der Waals surface area (Å²) in [5, 5.41) is 18.3. The summed E-state index contributed by atoms with van der Waals surface area (Å²) in [5.74, 6) is 0.330. The molecule has 0 spiro atoms.